The Morgan fingerprint density at radius 3 is 2.45 bits per heavy atom. The maximum atomic E-state index is 11.5. The van der Waals surface area contributed by atoms with Gasteiger partial charge in [0.15, 0.2) is 0 Å². The van der Waals surface area contributed by atoms with Crippen molar-refractivity contribution in [3.63, 3.8) is 0 Å². The summed E-state index contributed by atoms with van der Waals surface area (Å²) >= 11 is 0. The van der Waals surface area contributed by atoms with Gasteiger partial charge in [0.25, 0.3) is 5.91 Å². The highest BCUT2D eigenvalue weighted by Crippen LogP contribution is 2.24. The minimum absolute atomic E-state index is 0.252. The fraction of sp³-hybridized carbons (Fsp3) is 0.133. The maximum absolute atomic E-state index is 11.5. The summed E-state index contributed by atoms with van der Waals surface area (Å²) in [7, 11) is 2.98. The lowest BCUT2D eigenvalue weighted by molar-refractivity contribution is 0.0957. The largest absolute Gasteiger partial charge is 0.465 e. The predicted octanol–water partition coefficient (Wildman–Crippen LogP) is 2.35. The van der Waals surface area contributed by atoms with Crippen LogP contribution in [0.25, 0.3) is 0 Å². The lowest BCUT2D eigenvalue weighted by atomic mass is 10.3. The first-order chi connectivity index (χ1) is 10.5. The van der Waals surface area contributed by atoms with Crippen LogP contribution in [0.1, 0.15) is 10.5 Å². The van der Waals surface area contributed by atoms with Gasteiger partial charge in [-0.15, -0.1) is 0 Å². The number of carbonyl (C=O) groups excluding carboxylic acids is 1. The topological polar surface area (TPSA) is 91.8 Å². The molecule has 0 atom stereocenters. The van der Waals surface area contributed by atoms with Crippen LogP contribution in [0.5, 0.6) is 11.5 Å². The second-order valence-corrected chi connectivity index (χ2v) is 4.39. The van der Waals surface area contributed by atoms with Gasteiger partial charge in [-0.2, -0.15) is 0 Å². The van der Waals surface area contributed by atoms with E-state index in [0.29, 0.717) is 17.2 Å². The molecule has 2 N–H and O–H groups in total. The standard InChI is InChI=1S/C15H15N3O4/c1-16-14(19)13-9-12(7-8-17-13)22-11-5-3-10(4-6-11)18(2)15(20)21/h3-9H,1-2H3,(H,16,19)(H,20,21). The summed E-state index contributed by atoms with van der Waals surface area (Å²) in [5, 5.41) is 11.4. The van der Waals surface area contributed by atoms with Crippen LogP contribution in [0.2, 0.25) is 0 Å². The number of amides is 2. The van der Waals surface area contributed by atoms with Crippen molar-refractivity contribution in [2.45, 2.75) is 0 Å². The number of ether oxygens (including phenoxy) is 1. The second kappa shape index (κ2) is 6.57. The molecule has 0 aliphatic rings. The summed E-state index contributed by atoms with van der Waals surface area (Å²) in [6.45, 7) is 0. The van der Waals surface area contributed by atoms with E-state index >= 15 is 0 Å². The molecule has 1 aromatic carbocycles. The molecule has 0 fully saturated rings. The molecule has 0 radical (unpaired) electrons. The van der Waals surface area contributed by atoms with Crippen molar-refractivity contribution in [1.82, 2.24) is 10.3 Å². The van der Waals surface area contributed by atoms with Crippen LogP contribution in [0.3, 0.4) is 0 Å². The van der Waals surface area contributed by atoms with E-state index in [2.05, 4.69) is 10.3 Å². The number of pyridine rings is 1. The Balaban J connectivity index is 2.14. The molecule has 0 saturated heterocycles. The van der Waals surface area contributed by atoms with Crippen molar-refractivity contribution < 1.29 is 19.4 Å². The van der Waals surface area contributed by atoms with Gasteiger partial charge in [-0.3, -0.25) is 14.7 Å². The van der Waals surface area contributed by atoms with Crippen LogP contribution in [0.4, 0.5) is 10.5 Å². The zero-order valence-corrected chi connectivity index (χ0v) is 12.1. The molecule has 2 aromatic rings. The number of carbonyl (C=O) groups is 2. The SMILES string of the molecule is CNC(=O)c1cc(Oc2ccc(N(C)C(=O)O)cc2)ccn1. The summed E-state index contributed by atoms with van der Waals surface area (Å²) in [5.74, 6) is 0.688. The third-order valence-electron chi connectivity index (χ3n) is 2.94. The molecule has 0 aliphatic carbocycles. The quantitative estimate of drug-likeness (QED) is 0.904. The van der Waals surface area contributed by atoms with Crippen molar-refractivity contribution in [1.29, 1.82) is 0 Å². The molecule has 0 spiro atoms. The number of rotatable bonds is 4. The Morgan fingerprint density at radius 1 is 1.18 bits per heavy atom. The lowest BCUT2D eigenvalue weighted by Crippen LogP contribution is -2.23. The van der Waals surface area contributed by atoms with Crippen LogP contribution < -0.4 is 15.0 Å². The zero-order valence-electron chi connectivity index (χ0n) is 12.1. The normalized spacial score (nSPS) is 9.91. The number of benzene rings is 1. The number of hydrogen-bond acceptors (Lipinski definition) is 4. The van der Waals surface area contributed by atoms with Gasteiger partial charge in [-0.25, -0.2) is 4.79 Å². The van der Waals surface area contributed by atoms with E-state index in [0.717, 1.165) is 4.90 Å². The first kappa shape index (κ1) is 15.3. The lowest BCUT2D eigenvalue weighted by Gasteiger charge is -2.13. The molecular weight excluding hydrogens is 286 g/mol. The molecule has 7 nitrogen and oxygen atoms in total. The van der Waals surface area contributed by atoms with E-state index in [1.165, 1.54) is 26.4 Å². The molecule has 22 heavy (non-hydrogen) atoms. The second-order valence-electron chi connectivity index (χ2n) is 4.39. The zero-order chi connectivity index (χ0) is 16.1. The maximum Gasteiger partial charge on any atom is 0.411 e. The van der Waals surface area contributed by atoms with E-state index in [4.69, 9.17) is 9.84 Å². The van der Waals surface area contributed by atoms with E-state index in [1.54, 1.807) is 30.3 Å². The van der Waals surface area contributed by atoms with Crippen LogP contribution in [-0.4, -0.2) is 36.2 Å². The molecule has 2 amide bonds. The Hall–Kier alpha value is -3.09. The molecule has 0 saturated carbocycles. The number of carboxylic acid groups (broad SMARTS) is 1. The van der Waals surface area contributed by atoms with Crippen LogP contribution >= 0.6 is 0 Å². The molecule has 1 heterocycles. The molecule has 0 bridgehead atoms. The van der Waals surface area contributed by atoms with Gasteiger partial charge in [0.2, 0.25) is 0 Å². The molecule has 114 valence electrons. The first-order valence-corrected chi connectivity index (χ1v) is 6.44. The molecule has 7 heteroatoms. The number of nitrogens with one attached hydrogen (secondary N) is 1. The van der Waals surface area contributed by atoms with Crippen LogP contribution in [0.15, 0.2) is 42.6 Å². The van der Waals surface area contributed by atoms with Crippen LogP contribution in [-0.2, 0) is 0 Å². The monoisotopic (exact) mass is 301 g/mol. The Bertz CT molecular complexity index is 685. The van der Waals surface area contributed by atoms with E-state index in [-0.39, 0.29) is 11.6 Å². The van der Waals surface area contributed by atoms with Crippen molar-refractivity contribution in [2.75, 3.05) is 19.0 Å². The van der Waals surface area contributed by atoms with Crippen LogP contribution in [0, 0.1) is 0 Å². The Kier molecular flexibility index (Phi) is 4.57. The summed E-state index contributed by atoms with van der Waals surface area (Å²) in [6, 6.07) is 9.71. The third kappa shape index (κ3) is 3.51. The van der Waals surface area contributed by atoms with Gasteiger partial charge in [0, 0.05) is 32.0 Å². The fourth-order valence-corrected chi connectivity index (χ4v) is 1.71. The van der Waals surface area contributed by atoms with Crippen molar-refractivity contribution in [3.05, 3.63) is 48.3 Å². The van der Waals surface area contributed by atoms with Crippen molar-refractivity contribution in [3.8, 4) is 11.5 Å². The third-order valence-corrected chi connectivity index (χ3v) is 2.94. The highest BCUT2D eigenvalue weighted by molar-refractivity contribution is 5.92. The van der Waals surface area contributed by atoms with Gasteiger partial charge in [-0.05, 0) is 30.3 Å². The number of anilines is 1. The fourth-order valence-electron chi connectivity index (χ4n) is 1.71. The molecule has 2 rings (SSSR count). The van der Waals surface area contributed by atoms with Gasteiger partial charge >= 0.3 is 6.09 Å². The van der Waals surface area contributed by atoms with Crippen molar-refractivity contribution in [2.24, 2.45) is 0 Å². The number of hydrogen-bond donors (Lipinski definition) is 2. The van der Waals surface area contributed by atoms with Gasteiger partial charge in [0.1, 0.15) is 17.2 Å². The minimum atomic E-state index is -1.04. The molecule has 1 aromatic heterocycles. The average Bonchev–Trinajstić information content (AvgIpc) is 2.54. The van der Waals surface area contributed by atoms with Gasteiger partial charge in [-0.1, -0.05) is 0 Å². The number of nitrogens with zero attached hydrogens (tertiary/aromatic N) is 2. The van der Waals surface area contributed by atoms with Gasteiger partial charge < -0.3 is 15.2 Å². The predicted molar refractivity (Wildman–Crippen MR) is 80.6 cm³/mol. The summed E-state index contributed by atoms with van der Waals surface area (Å²) in [6.07, 6.45) is 0.435. The minimum Gasteiger partial charge on any atom is -0.465 e. The summed E-state index contributed by atoms with van der Waals surface area (Å²) in [4.78, 5) is 27.4. The summed E-state index contributed by atoms with van der Waals surface area (Å²) in [5.41, 5.74) is 0.780. The molecule has 0 aliphatic heterocycles. The number of aromatic nitrogens is 1. The Labute approximate surface area is 127 Å². The summed E-state index contributed by atoms with van der Waals surface area (Å²) < 4.78 is 5.62. The van der Waals surface area contributed by atoms with Gasteiger partial charge in [0.05, 0.1) is 0 Å². The average molecular weight is 301 g/mol. The van der Waals surface area contributed by atoms with Crippen molar-refractivity contribution >= 4 is 17.7 Å². The smallest absolute Gasteiger partial charge is 0.411 e. The van der Waals surface area contributed by atoms with E-state index < -0.39 is 6.09 Å². The van der Waals surface area contributed by atoms with E-state index in [9.17, 15) is 9.59 Å². The highest BCUT2D eigenvalue weighted by Gasteiger charge is 2.09. The molecule has 0 unspecified atom stereocenters. The highest BCUT2D eigenvalue weighted by atomic mass is 16.5. The first-order valence-electron chi connectivity index (χ1n) is 6.44. The Morgan fingerprint density at radius 2 is 1.86 bits per heavy atom. The van der Waals surface area contributed by atoms with E-state index in [1.807, 2.05) is 0 Å². The molecular formula is C15H15N3O4.